The highest BCUT2D eigenvalue weighted by Gasteiger charge is 2.32. The number of benzene rings is 1. The molecule has 1 heterocycles. The van der Waals surface area contributed by atoms with Crippen molar-refractivity contribution in [2.24, 2.45) is 11.7 Å². The van der Waals surface area contributed by atoms with Gasteiger partial charge in [-0.3, -0.25) is 0 Å². The second-order valence-electron chi connectivity index (χ2n) is 5.68. The van der Waals surface area contributed by atoms with Crippen LogP contribution in [0, 0.1) is 11.7 Å². The van der Waals surface area contributed by atoms with Crippen LogP contribution in [0.5, 0.6) is 0 Å². The molecule has 5 N–H and O–H groups in total. The van der Waals surface area contributed by atoms with Gasteiger partial charge in [0.2, 0.25) is 0 Å². The number of carbonyl (C=O) groups excluding carboxylic acids is 1. The highest BCUT2D eigenvalue weighted by molar-refractivity contribution is 6.40. The molecule has 2 amide bonds. The molecule has 22 heavy (non-hydrogen) atoms. The summed E-state index contributed by atoms with van der Waals surface area (Å²) in [5.41, 5.74) is 6.58. The van der Waals surface area contributed by atoms with Crippen LogP contribution < -0.4 is 11.1 Å². The highest BCUT2D eigenvalue weighted by Crippen LogP contribution is 2.22. The molecule has 2 rings (SSSR count). The summed E-state index contributed by atoms with van der Waals surface area (Å²) in [4.78, 5) is 13.8. The van der Waals surface area contributed by atoms with Crippen molar-refractivity contribution in [1.82, 2.24) is 4.90 Å². The normalized spacial score (nSPS) is 21.0. The van der Waals surface area contributed by atoms with E-state index < -0.39 is 7.12 Å². The number of halogens is 1. The van der Waals surface area contributed by atoms with Crippen molar-refractivity contribution >= 4 is 18.8 Å². The Hall–Kier alpha value is -1.64. The summed E-state index contributed by atoms with van der Waals surface area (Å²) in [5, 5.41) is 20.4. The van der Waals surface area contributed by atoms with E-state index in [0.717, 1.165) is 6.42 Å². The van der Waals surface area contributed by atoms with Crippen molar-refractivity contribution < 1.29 is 19.2 Å². The van der Waals surface area contributed by atoms with Crippen LogP contribution >= 0.6 is 0 Å². The monoisotopic (exact) mass is 309 g/mol. The van der Waals surface area contributed by atoms with Gasteiger partial charge in [0.05, 0.1) is 0 Å². The molecule has 0 bridgehead atoms. The first-order valence-corrected chi connectivity index (χ1v) is 7.39. The first-order valence-electron chi connectivity index (χ1n) is 7.39. The van der Waals surface area contributed by atoms with Gasteiger partial charge >= 0.3 is 13.1 Å². The van der Waals surface area contributed by atoms with E-state index in [0.29, 0.717) is 31.5 Å². The average molecular weight is 309 g/mol. The quantitative estimate of drug-likeness (QED) is 0.607. The molecule has 1 aliphatic heterocycles. The van der Waals surface area contributed by atoms with E-state index in [9.17, 15) is 9.18 Å². The first kappa shape index (κ1) is 16.7. The molecule has 2 atom stereocenters. The van der Waals surface area contributed by atoms with Gasteiger partial charge in [0.25, 0.3) is 0 Å². The molecule has 0 spiro atoms. The predicted molar refractivity (Wildman–Crippen MR) is 82.7 cm³/mol. The summed E-state index contributed by atoms with van der Waals surface area (Å²) in [6.07, 6.45) is 1.72. The van der Waals surface area contributed by atoms with Gasteiger partial charge in [0.15, 0.2) is 0 Å². The summed E-state index contributed by atoms with van der Waals surface area (Å²) in [5.74, 6) is -0.204. The van der Waals surface area contributed by atoms with Crippen molar-refractivity contribution in [3.05, 3.63) is 30.1 Å². The Bertz CT molecular complexity index is 501. The standard InChI is InChI=1S/C14H21BFN3O3/c16-11-3-5-12(6-4-11)18-14(20)19-8-10(13(17)9-19)2-1-7-15(21)22/h3-6,10,13,21-22H,1-2,7-9,17H2,(H,18,20)/t10-,13-/m0/s1. The zero-order chi connectivity index (χ0) is 16.1. The smallest absolute Gasteiger partial charge is 0.427 e. The molecule has 0 aromatic heterocycles. The Kier molecular flexibility index (Phi) is 5.76. The van der Waals surface area contributed by atoms with Crippen molar-refractivity contribution in [1.29, 1.82) is 0 Å². The molecule has 0 saturated carbocycles. The molecule has 6 nitrogen and oxygen atoms in total. The fraction of sp³-hybridized carbons (Fsp3) is 0.500. The maximum atomic E-state index is 12.8. The van der Waals surface area contributed by atoms with Crippen LogP contribution in [-0.2, 0) is 0 Å². The van der Waals surface area contributed by atoms with Crippen LogP contribution in [0.1, 0.15) is 12.8 Å². The van der Waals surface area contributed by atoms with E-state index in [1.165, 1.54) is 24.3 Å². The van der Waals surface area contributed by atoms with Crippen LogP contribution in [0.25, 0.3) is 0 Å². The first-order chi connectivity index (χ1) is 10.5. The minimum atomic E-state index is -1.30. The van der Waals surface area contributed by atoms with E-state index in [2.05, 4.69) is 5.32 Å². The number of anilines is 1. The van der Waals surface area contributed by atoms with Gasteiger partial charge < -0.3 is 26.0 Å². The fourth-order valence-electron chi connectivity index (χ4n) is 2.67. The Morgan fingerprint density at radius 2 is 2.05 bits per heavy atom. The third-order valence-corrected chi connectivity index (χ3v) is 3.91. The molecule has 1 fully saturated rings. The van der Waals surface area contributed by atoms with Gasteiger partial charge in [0.1, 0.15) is 5.82 Å². The van der Waals surface area contributed by atoms with Gasteiger partial charge in [-0.15, -0.1) is 0 Å². The zero-order valence-corrected chi connectivity index (χ0v) is 12.3. The molecule has 1 aliphatic rings. The summed E-state index contributed by atoms with van der Waals surface area (Å²) in [6.45, 7) is 0.995. The third-order valence-electron chi connectivity index (χ3n) is 3.91. The number of carbonyl (C=O) groups is 1. The molecule has 1 aromatic rings. The van der Waals surface area contributed by atoms with Gasteiger partial charge in [-0.2, -0.15) is 0 Å². The number of hydrogen-bond acceptors (Lipinski definition) is 4. The molecule has 1 saturated heterocycles. The second-order valence-corrected chi connectivity index (χ2v) is 5.68. The lowest BCUT2D eigenvalue weighted by molar-refractivity contribution is 0.220. The van der Waals surface area contributed by atoms with Gasteiger partial charge in [-0.05, 0) is 42.9 Å². The number of nitrogens with two attached hydrogens (primary N) is 1. The summed E-state index contributed by atoms with van der Waals surface area (Å²) < 4.78 is 12.8. The van der Waals surface area contributed by atoms with Crippen LogP contribution in [0.2, 0.25) is 6.32 Å². The number of nitrogens with zero attached hydrogens (tertiary/aromatic N) is 1. The number of likely N-dealkylation sites (tertiary alicyclic amines) is 1. The largest absolute Gasteiger partial charge is 0.451 e. The minimum Gasteiger partial charge on any atom is -0.427 e. The number of amides is 2. The second kappa shape index (κ2) is 7.57. The maximum absolute atomic E-state index is 12.8. The fourth-order valence-corrected chi connectivity index (χ4v) is 2.67. The van der Waals surface area contributed by atoms with Crippen LogP contribution in [0.4, 0.5) is 14.9 Å². The van der Waals surface area contributed by atoms with Crippen molar-refractivity contribution in [2.45, 2.75) is 25.2 Å². The summed E-state index contributed by atoms with van der Waals surface area (Å²) in [7, 11) is -1.30. The number of hydrogen-bond donors (Lipinski definition) is 4. The van der Waals surface area contributed by atoms with Crippen LogP contribution in [-0.4, -0.2) is 47.2 Å². The average Bonchev–Trinajstić information content (AvgIpc) is 2.83. The molecule has 0 unspecified atom stereocenters. The number of urea groups is 1. The van der Waals surface area contributed by atoms with Gasteiger partial charge in [0, 0.05) is 24.8 Å². The number of rotatable bonds is 5. The zero-order valence-electron chi connectivity index (χ0n) is 12.3. The molecule has 120 valence electrons. The Labute approximate surface area is 129 Å². The molecule has 0 radical (unpaired) electrons. The molecular formula is C14H21BFN3O3. The molecule has 8 heteroatoms. The van der Waals surface area contributed by atoms with E-state index in [1.54, 1.807) is 4.90 Å². The van der Waals surface area contributed by atoms with E-state index in [1.807, 2.05) is 0 Å². The molecule has 1 aromatic carbocycles. The van der Waals surface area contributed by atoms with E-state index >= 15 is 0 Å². The van der Waals surface area contributed by atoms with Crippen molar-refractivity contribution in [2.75, 3.05) is 18.4 Å². The van der Waals surface area contributed by atoms with Gasteiger partial charge in [-0.25, -0.2) is 9.18 Å². The van der Waals surface area contributed by atoms with Crippen molar-refractivity contribution in [3.63, 3.8) is 0 Å². The predicted octanol–water partition coefficient (Wildman–Crippen LogP) is 0.870. The lowest BCUT2D eigenvalue weighted by atomic mass is 9.82. The number of nitrogens with one attached hydrogen (secondary N) is 1. The summed E-state index contributed by atoms with van der Waals surface area (Å²) >= 11 is 0. The lowest BCUT2D eigenvalue weighted by Gasteiger charge is -2.17. The van der Waals surface area contributed by atoms with Crippen molar-refractivity contribution in [3.8, 4) is 0 Å². The topological polar surface area (TPSA) is 98.8 Å². The van der Waals surface area contributed by atoms with E-state index in [-0.39, 0.29) is 23.8 Å². The van der Waals surface area contributed by atoms with E-state index in [4.69, 9.17) is 15.8 Å². The molecular weight excluding hydrogens is 288 g/mol. The lowest BCUT2D eigenvalue weighted by Crippen LogP contribution is -2.35. The Morgan fingerprint density at radius 1 is 1.36 bits per heavy atom. The minimum absolute atomic E-state index is 0.116. The van der Waals surface area contributed by atoms with Crippen LogP contribution in [0.3, 0.4) is 0 Å². The highest BCUT2D eigenvalue weighted by atomic mass is 19.1. The van der Waals surface area contributed by atoms with Crippen LogP contribution in [0.15, 0.2) is 24.3 Å². The molecule has 0 aliphatic carbocycles. The Morgan fingerprint density at radius 3 is 2.68 bits per heavy atom. The maximum Gasteiger partial charge on any atom is 0.451 e. The Balaban J connectivity index is 1.82. The van der Waals surface area contributed by atoms with Gasteiger partial charge in [-0.1, -0.05) is 6.42 Å². The third kappa shape index (κ3) is 4.69. The SMILES string of the molecule is N[C@H]1CN(C(=O)Nc2ccc(F)cc2)C[C@@H]1CCCB(O)O. The summed E-state index contributed by atoms with van der Waals surface area (Å²) in [6, 6.07) is 5.21.